The highest BCUT2D eigenvalue weighted by Gasteiger charge is 2.04. The molecule has 0 aliphatic rings. The Bertz CT molecular complexity index is 794. The molecule has 0 fully saturated rings. The predicted molar refractivity (Wildman–Crippen MR) is 82.1 cm³/mol. The number of H-pyrrole nitrogens is 2. The predicted octanol–water partition coefficient (Wildman–Crippen LogP) is 2.02. The first-order valence-electron chi connectivity index (χ1n) is 6.73. The lowest BCUT2D eigenvalue weighted by atomic mass is 10.1. The molecule has 3 rings (SSSR count). The summed E-state index contributed by atoms with van der Waals surface area (Å²) >= 11 is 0. The van der Waals surface area contributed by atoms with Gasteiger partial charge in [-0.1, -0.05) is 12.1 Å². The standard InChI is InChI=1S/C15H17N5O/c1-10-12(9-20(2)19-10)8-16-13-5-3-11(4-6-13)14-7-15(21)18-17-14/h3-7,9,16H,8H2,1-2H3,(H2,17,18,21). The molecule has 0 unspecified atom stereocenters. The lowest BCUT2D eigenvalue weighted by molar-refractivity contribution is 0.756. The van der Waals surface area contributed by atoms with Crippen molar-refractivity contribution in [2.24, 2.45) is 7.05 Å². The number of hydrogen-bond donors (Lipinski definition) is 3. The first kappa shape index (κ1) is 13.2. The number of nitrogens with zero attached hydrogens (tertiary/aromatic N) is 2. The quantitative estimate of drug-likeness (QED) is 0.685. The molecule has 21 heavy (non-hydrogen) atoms. The Morgan fingerprint density at radius 1 is 1.24 bits per heavy atom. The lowest BCUT2D eigenvalue weighted by Crippen LogP contribution is -1.99. The van der Waals surface area contributed by atoms with Crippen LogP contribution in [0.3, 0.4) is 0 Å². The van der Waals surface area contributed by atoms with Gasteiger partial charge in [-0.25, -0.2) is 0 Å². The zero-order chi connectivity index (χ0) is 14.8. The summed E-state index contributed by atoms with van der Waals surface area (Å²) in [5.74, 6) is 0. The molecule has 6 nitrogen and oxygen atoms in total. The summed E-state index contributed by atoms with van der Waals surface area (Å²) < 4.78 is 1.82. The number of nitrogens with one attached hydrogen (secondary N) is 3. The van der Waals surface area contributed by atoms with Gasteiger partial charge in [-0.15, -0.1) is 0 Å². The second kappa shape index (κ2) is 5.32. The lowest BCUT2D eigenvalue weighted by Gasteiger charge is -2.06. The Labute approximate surface area is 121 Å². The van der Waals surface area contributed by atoms with E-state index in [1.165, 1.54) is 5.56 Å². The molecule has 0 radical (unpaired) electrons. The van der Waals surface area contributed by atoms with Crippen LogP contribution >= 0.6 is 0 Å². The second-order valence-electron chi connectivity index (χ2n) is 5.02. The Kier molecular flexibility index (Phi) is 3.35. The van der Waals surface area contributed by atoms with Gasteiger partial charge in [-0.05, 0) is 24.6 Å². The first-order valence-corrected chi connectivity index (χ1v) is 6.73. The number of aromatic nitrogens is 4. The molecular weight excluding hydrogens is 266 g/mol. The van der Waals surface area contributed by atoms with Gasteiger partial charge < -0.3 is 5.32 Å². The molecule has 3 N–H and O–H groups in total. The van der Waals surface area contributed by atoms with Crippen molar-refractivity contribution in [3.05, 3.63) is 58.1 Å². The zero-order valence-electron chi connectivity index (χ0n) is 12.0. The van der Waals surface area contributed by atoms with E-state index in [2.05, 4.69) is 20.6 Å². The van der Waals surface area contributed by atoms with Gasteiger partial charge in [0, 0.05) is 37.1 Å². The Hall–Kier alpha value is -2.76. The van der Waals surface area contributed by atoms with Crippen LogP contribution in [0.1, 0.15) is 11.3 Å². The molecule has 6 heteroatoms. The third-order valence-corrected chi connectivity index (χ3v) is 3.39. The molecule has 0 saturated heterocycles. The van der Waals surface area contributed by atoms with Gasteiger partial charge in [0.2, 0.25) is 0 Å². The molecule has 0 amide bonds. The fourth-order valence-electron chi connectivity index (χ4n) is 2.27. The van der Waals surface area contributed by atoms with Crippen LogP contribution in [0.25, 0.3) is 11.3 Å². The summed E-state index contributed by atoms with van der Waals surface area (Å²) in [5.41, 5.74) is 4.87. The summed E-state index contributed by atoms with van der Waals surface area (Å²) in [6, 6.07) is 9.47. The van der Waals surface area contributed by atoms with Crippen LogP contribution in [0.4, 0.5) is 5.69 Å². The second-order valence-corrected chi connectivity index (χ2v) is 5.02. The van der Waals surface area contributed by atoms with Crippen LogP contribution in [0.2, 0.25) is 0 Å². The first-order chi connectivity index (χ1) is 10.1. The van der Waals surface area contributed by atoms with Crippen molar-refractivity contribution in [2.45, 2.75) is 13.5 Å². The third kappa shape index (κ3) is 2.89. The normalized spacial score (nSPS) is 10.8. The zero-order valence-corrected chi connectivity index (χ0v) is 12.0. The summed E-state index contributed by atoms with van der Waals surface area (Å²) in [5, 5.41) is 13.1. The Morgan fingerprint density at radius 2 is 2.00 bits per heavy atom. The van der Waals surface area contributed by atoms with Crippen LogP contribution in [0.15, 0.2) is 41.3 Å². The molecule has 0 atom stereocenters. The van der Waals surface area contributed by atoms with E-state index in [0.717, 1.165) is 29.2 Å². The van der Waals surface area contributed by atoms with E-state index < -0.39 is 0 Å². The van der Waals surface area contributed by atoms with Gasteiger partial charge in [0.05, 0.1) is 11.4 Å². The summed E-state index contributed by atoms with van der Waals surface area (Å²) in [6.45, 7) is 2.74. The van der Waals surface area contributed by atoms with E-state index in [9.17, 15) is 4.79 Å². The Morgan fingerprint density at radius 3 is 2.57 bits per heavy atom. The number of hydrogen-bond acceptors (Lipinski definition) is 3. The molecular formula is C15H17N5O. The molecule has 2 heterocycles. The maximum absolute atomic E-state index is 11.1. The molecule has 0 aliphatic carbocycles. The monoisotopic (exact) mass is 283 g/mol. The van der Waals surface area contributed by atoms with Crippen molar-refractivity contribution in [3.8, 4) is 11.3 Å². The minimum absolute atomic E-state index is 0.126. The van der Waals surface area contributed by atoms with Gasteiger partial charge >= 0.3 is 0 Å². The molecule has 2 aromatic heterocycles. The molecule has 0 spiro atoms. The number of aromatic amines is 2. The average molecular weight is 283 g/mol. The fraction of sp³-hybridized carbons (Fsp3) is 0.200. The van der Waals surface area contributed by atoms with Crippen LogP contribution in [-0.4, -0.2) is 20.0 Å². The van der Waals surface area contributed by atoms with Crippen molar-refractivity contribution >= 4 is 5.69 Å². The van der Waals surface area contributed by atoms with Gasteiger partial charge in [-0.2, -0.15) is 5.10 Å². The van der Waals surface area contributed by atoms with Gasteiger partial charge in [0.15, 0.2) is 0 Å². The van der Waals surface area contributed by atoms with Gasteiger partial charge in [0.1, 0.15) is 0 Å². The van der Waals surface area contributed by atoms with E-state index in [-0.39, 0.29) is 5.56 Å². The summed E-state index contributed by atoms with van der Waals surface area (Å²) in [6.07, 6.45) is 2.02. The summed E-state index contributed by atoms with van der Waals surface area (Å²) in [7, 11) is 1.92. The smallest absolute Gasteiger partial charge is 0.264 e. The maximum atomic E-state index is 11.1. The minimum atomic E-state index is -0.126. The van der Waals surface area contributed by atoms with E-state index in [4.69, 9.17) is 0 Å². The van der Waals surface area contributed by atoms with Crippen molar-refractivity contribution < 1.29 is 0 Å². The summed E-state index contributed by atoms with van der Waals surface area (Å²) in [4.78, 5) is 11.1. The molecule has 3 aromatic rings. The van der Waals surface area contributed by atoms with E-state index in [1.807, 2.05) is 49.1 Å². The molecule has 0 aliphatic heterocycles. The third-order valence-electron chi connectivity index (χ3n) is 3.39. The molecule has 1 aromatic carbocycles. The van der Waals surface area contributed by atoms with Crippen LogP contribution in [0.5, 0.6) is 0 Å². The number of anilines is 1. The van der Waals surface area contributed by atoms with Crippen LogP contribution in [-0.2, 0) is 13.6 Å². The topological polar surface area (TPSA) is 78.5 Å². The largest absolute Gasteiger partial charge is 0.381 e. The van der Waals surface area contributed by atoms with Crippen LogP contribution in [0, 0.1) is 6.92 Å². The van der Waals surface area contributed by atoms with Crippen molar-refractivity contribution in [2.75, 3.05) is 5.32 Å². The number of aryl methyl sites for hydroxylation is 2. The van der Waals surface area contributed by atoms with Gasteiger partial charge in [0.25, 0.3) is 5.56 Å². The maximum Gasteiger partial charge on any atom is 0.264 e. The van der Waals surface area contributed by atoms with Crippen LogP contribution < -0.4 is 10.9 Å². The van der Waals surface area contributed by atoms with E-state index in [1.54, 1.807) is 6.07 Å². The van der Waals surface area contributed by atoms with E-state index in [0.29, 0.717) is 0 Å². The molecule has 0 saturated carbocycles. The highest BCUT2D eigenvalue weighted by molar-refractivity contribution is 5.62. The fourth-order valence-corrected chi connectivity index (χ4v) is 2.27. The number of benzene rings is 1. The highest BCUT2D eigenvalue weighted by Crippen LogP contribution is 2.18. The van der Waals surface area contributed by atoms with E-state index >= 15 is 0 Å². The molecule has 0 bridgehead atoms. The van der Waals surface area contributed by atoms with Gasteiger partial charge in [-0.3, -0.25) is 19.7 Å². The highest BCUT2D eigenvalue weighted by atomic mass is 16.1. The van der Waals surface area contributed by atoms with Crippen molar-refractivity contribution in [1.82, 2.24) is 20.0 Å². The average Bonchev–Trinajstić information content (AvgIpc) is 3.03. The Balaban J connectivity index is 1.70. The van der Waals surface area contributed by atoms with Crippen molar-refractivity contribution in [3.63, 3.8) is 0 Å². The van der Waals surface area contributed by atoms with Crippen molar-refractivity contribution in [1.29, 1.82) is 0 Å². The molecule has 108 valence electrons. The SMILES string of the molecule is Cc1nn(C)cc1CNc1ccc(-c2cc(=O)[nH][nH]2)cc1. The number of rotatable bonds is 4. The minimum Gasteiger partial charge on any atom is -0.381 e.